The first-order chi connectivity index (χ1) is 12.5. The van der Waals surface area contributed by atoms with Crippen LogP contribution in [0, 0.1) is 0 Å². The van der Waals surface area contributed by atoms with Gasteiger partial charge in [0.1, 0.15) is 0 Å². The predicted molar refractivity (Wildman–Crippen MR) is 104 cm³/mol. The molecule has 1 aromatic carbocycles. The van der Waals surface area contributed by atoms with E-state index in [2.05, 4.69) is 10.6 Å². The average molecular weight is 398 g/mol. The molecule has 142 valence electrons. The van der Waals surface area contributed by atoms with Crippen molar-refractivity contribution >= 4 is 35.1 Å². The van der Waals surface area contributed by atoms with E-state index in [0.717, 1.165) is 25.7 Å². The fourth-order valence-corrected chi connectivity index (χ4v) is 4.05. The third kappa shape index (κ3) is 5.04. The Kier molecular flexibility index (Phi) is 6.65. The molecule has 0 unspecified atom stereocenters. The zero-order chi connectivity index (χ0) is 18.5. The van der Waals surface area contributed by atoms with E-state index in [9.17, 15) is 9.59 Å². The Bertz CT molecular complexity index is 654. The molecule has 1 aromatic rings. The summed E-state index contributed by atoms with van der Waals surface area (Å²) in [5, 5.41) is 7.02. The monoisotopic (exact) mass is 397 g/mol. The summed E-state index contributed by atoms with van der Waals surface area (Å²) in [5.74, 6) is -0.220. The van der Waals surface area contributed by atoms with E-state index < -0.39 is 0 Å². The van der Waals surface area contributed by atoms with Gasteiger partial charge in [-0.15, -0.1) is 0 Å². The number of carbonyl (C=O) groups excluding carboxylic acids is 2. The van der Waals surface area contributed by atoms with Crippen LogP contribution in [0.4, 0.5) is 4.79 Å². The molecule has 3 rings (SSSR count). The van der Waals surface area contributed by atoms with Crippen molar-refractivity contribution in [3.8, 4) is 0 Å². The van der Waals surface area contributed by atoms with Crippen molar-refractivity contribution in [3.05, 3.63) is 33.8 Å². The van der Waals surface area contributed by atoms with Crippen LogP contribution in [0.25, 0.3) is 0 Å². The summed E-state index contributed by atoms with van der Waals surface area (Å²) in [6, 6.07) is 5.24. The largest absolute Gasteiger partial charge is 0.349 e. The number of benzene rings is 1. The van der Waals surface area contributed by atoms with E-state index in [0.29, 0.717) is 34.7 Å². The molecular weight excluding hydrogens is 373 g/mol. The number of piperidine rings is 1. The predicted octanol–water partition coefficient (Wildman–Crippen LogP) is 4.23. The Hall–Kier alpha value is -1.46. The summed E-state index contributed by atoms with van der Waals surface area (Å²) in [5.41, 5.74) is 0.386. The maximum Gasteiger partial charge on any atom is 0.317 e. The lowest BCUT2D eigenvalue weighted by Gasteiger charge is -2.34. The molecule has 0 spiro atoms. The summed E-state index contributed by atoms with van der Waals surface area (Å²) < 4.78 is 0. The van der Waals surface area contributed by atoms with E-state index >= 15 is 0 Å². The topological polar surface area (TPSA) is 61.4 Å². The summed E-state index contributed by atoms with van der Waals surface area (Å²) >= 11 is 12.0. The van der Waals surface area contributed by atoms with Crippen molar-refractivity contribution < 1.29 is 9.59 Å². The van der Waals surface area contributed by atoms with Crippen molar-refractivity contribution in [3.63, 3.8) is 0 Å². The van der Waals surface area contributed by atoms with Crippen LogP contribution in [-0.4, -0.2) is 42.0 Å². The van der Waals surface area contributed by atoms with Gasteiger partial charge in [-0.05, 0) is 43.9 Å². The van der Waals surface area contributed by atoms with Gasteiger partial charge in [-0.3, -0.25) is 4.79 Å². The Morgan fingerprint density at radius 3 is 2.27 bits per heavy atom. The van der Waals surface area contributed by atoms with Gasteiger partial charge in [-0.2, -0.15) is 0 Å². The molecule has 2 N–H and O–H groups in total. The smallest absolute Gasteiger partial charge is 0.317 e. The minimum Gasteiger partial charge on any atom is -0.349 e. The lowest BCUT2D eigenvalue weighted by Crippen LogP contribution is -2.51. The zero-order valence-electron chi connectivity index (χ0n) is 14.8. The SMILES string of the molecule is O=C(NC1CCN(C(=O)NC2CCCCC2)CC1)c1cc(Cl)ccc1Cl. The maximum absolute atomic E-state index is 12.4. The highest BCUT2D eigenvalue weighted by molar-refractivity contribution is 6.35. The number of hydrogen-bond acceptors (Lipinski definition) is 2. The molecule has 1 saturated heterocycles. The van der Waals surface area contributed by atoms with Crippen LogP contribution in [-0.2, 0) is 0 Å². The number of likely N-dealkylation sites (tertiary alicyclic amines) is 1. The normalized spacial score (nSPS) is 19.2. The fraction of sp³-hybridized carbons (Fsp3) is 0.579. The lowest BCUT2D eigenvalue weighted by molar-refractivity contribution is 0.0917. The highest BCUT2D eigenvalue weighted by Crippen LogP contribution is 2.22. The number of nitrogens with one attached hydrogen (secondary N) is 2. The standard InChI is InChI=1S/C19H25Cl2N3O2/c20-13-6-7-17(21)16(12-13)18(25)22-15-8-10-24(11-9-15)19(26)23-14-4-2-1-3-5-14/h6-7,12,14-15H,1-5,8-11H2,(H,22,25)(H,23,26). The molecule has 3 amide bonds. The second kappa shape index (κ2) is 8.96. The molecule has 1 aliphatic heterocycles. The number of rotatable bonds is 3. The van der Waals surface area contributed by atoms with Gasteiger partial charge in [0.15, 0.2) is 0 Å². The first-order valence-electron chi connectivity index (χ1n) is 9.34. The Morgan fingerprint density at radius 1 is 0.923 bits per heavy atom. The molecule has 0 atom stereocenters. The van der Waals surface area contributed by atoms with Gasteiger partial charge >= 0.3 is 6.03 Å². The van der Waals surface area contributed by atoms with Gasteiger partial charge in [-0.25, -0.2) is 4.79 Å². The van der Waals surface area contributed by atoms with Gasteiger partial charge in [0.05, 0.1) is 10.6 Å². The Balaban J connectivity index is 1.46. The van der Waals surface area contributed by atoms with Crippen LogP contribution in [0.3, 0.4) is 0 Å². The molecule has 1 aliphatic carbocycles. The number of hydrogen-bond donors (Lipinski definition) is 2. The van der Waals surface area contributed by atoms with Crippen LogP contribution >= 0.6 is 23.2 Å². The second-order valence-corrected chi connectivity index (χ2v) is 7.99. The highest BCUT2D eigenvalue weighted by Gasteiger charge is 2.26. The first-order valence-corrected chi connectivity index (χ1v) is 10.1. The van der Waals surface area contributed by atoms with Gasteiger partial charge in [0.25, 0.3) is 5.91 Å². The highest BCUT2D eigenvalue weighted by atomic mass is 35.5. The van der Waals surface area contributed by atoms with Crippen LogP contribution in [0.15, 0.2) is 18.2 Å². The molecule has 0 aromatic heterocycles. The molecular formula is C19H25Cl2N3O2. The third-order valence-corrected chi connectivity index (χ3v) is 5.79. The zero-order valence-corrected chi connectivity index (χ0v) is 16.3. The summed E-state index contributed by atoms with van der Waals surface area (Å²) in [4.78, 5) is 26.7. The van der Waals surface area contributed by atoms with E-state index in [1.807, 2.05) is 4.90 Å². The van der Waals surface area contributed by atoms with Gasteiger partial charge in [0.2, 0.25) is 0 Å². The lowest BCUT2D eigenvalue weighted by atomic mass is 9.95. The Labute approximate surface area is 164 Å². The van der Waals surface area contributed by atoms with Crippen molar-refractivity contribution in [2.45, 2.75) is 57.0 Å². The number of nitrogens with zero attached hydrogens (tertiary/aromatic N) is 1. The Morgan fingerprint density at radius 2 is 1.58 bits per heavy atom. The van der Waals surface area contributed by atoms with E-state index in [4.69, 9.17) is 23.2 Å². The molecule has 0 radical (unpaired) electrons. The van der Waals surface area contributed by atoms with E-state index in [1.54, 1.807) is 18.2 Å². The van der Waals surface area contributed by atoms with Crippen LogP contribution < -0.4 is 10.6 Å². The van der Waals surface area contributed by atoms with Crippen molar-refractivity contribution in [2.75, 3.05) is 13.1 Å². The molecule has 1 saturated carbocycles. The minimum absolute atomic E-state index is 0.0274. The van der Waals surface area contributed by atoms with Crippen molar-refractivity contribution in [1.29, 1.82) is 0 Å². The van der Waals surface area contributed by atoms with Crippen molar-refractivity contribution in [1.82, 2.24) is 15.5 Å². The summed E-state index contributed by atoms with van der Waals surface area (Å²) in [6.45, 7) is 1.29. The maximum atomic E-state index is 12.4. The number of halogens is 2. The molecule has 2 fully saturated rings. The molecule has 7 heteroatoms. The number of carbonyl (C=O) groups is 2. The van der Waals surface area contributed by atoms with Gasteiger partial charge in [0, 0.05) is 30.2 Å². The number of amides is 3. The second-order valence-electron chi connectivity index (χ2n) is 7.14. The minimum atomic E-state index is -0.220. The van der Waals surface area contributed by atoms with E-state index in [-0.39, 0.29) is 18.0 Å². The van der Waals surface area contributed by atoms with Gasteiger partial charge < -0.3 is 15.5 Å². The summed E-state index contributed by atoms with van der Waals surface area (Å²) in [7, 11) is 0. The molecule has 5 nitrogen and oxygen atoms in total. The van der Waals surface area contributed by atoms with Crippen LogP contribution in [0.2, 0.25) is 10.0 Å². The van der Waals surface area contributed by atoms with E-state index in [1.165, 1.54) is 19.3 Å². The van der Waals surface area contributed by atoms with Crippen LogP contribution in [0.5, 0.6) is 0 Å². The van der Waals surface area contributed by atoms with Crippen molar-refractivity contribution in [2.24, 2.45) is 0 Å². The fourth-order valence-electron chi connectivity index (χ4n) is 3.67. The van der Waals surface area contributed by atoms with Crippen LogP contribution in [0.1, 0.15) is 55.3 Å². The number of urea groups is 1. The summed E-state index contributed by atoms with van der Waals surface area (Å²) in [6.07, 6.45) is 7.31. The molecule has 0 bridgehead atoms. The molecule has 1 heterocycles. The average Bonchev–Trinajstić information content (AvgIpc) is 2.65. The molecule has 2 aliphatic rings. The molecule has 26 heavy (non-hydrogen) atoms. The van der Waals surface area contributed by atoms with Gasteiger partial charge in [-0.1, -0.05) is 42.5 Å². The first kappa shape index (κ1) is 19.3. The third-order valence-electron chi connectivity index (χ3n) is 5.22. The quantitative estimate of drug-likeness (QED) is 0.801.